The number of amides is 1. The molecule has 3 rings (SSSR count). The van der Waals surface area contributed by atoms with Crippen molar-refractivity contribution < 1.29 is 32.7 Å². The molecule has 1 amide bonds. The minimum absolute atomic E-state index is 0.152. The van der Waals surface area contributed by atoms with Gasteiger partial charge >= 0.3 is 6.09 Å². The van der Waals surface area contributed by atoms with Gasteiger partial charge in [-0.3, -0.25) is 0 Å². The number of rotatable bonds is 8. The van der Waals surface area contributed by atoms with Gasteiger partial charge in [0.2, 0.25) is 0 Å². The molecule has 1 aromatic rings. The van der Waals surface area contributed by atoms with Gasteiger partial charge in [0.15, 0.2) is 5.54 Å². The second kappa shape index (κ2) is 12.6. The van der Waals surface area contributed by atoms with Crippen LogP contribution in [0.15, 0.2) is 30.3 Å². The first kappa shape index (κ1) is 32.1. The van der Waals surface area contributed by atoms with Gasteiger partial charge in [0.25, 0.3) is 5.92 Å². The van der Waals surface area contributed by atoms with E-state index < -0.39 is 64.8 Å². The Morgan fingerprint density at radius 1 is 1.13 bits per heavy atom. The van der Waals surface area contributed by atoms with E-state index in [9.17, 15) is 14.5 Å². The molecule has 2 fully saturated rings. The summed E-state index contributed by atoms with van der Waals surface area (Å²) < 4.78 is 58.9. The van der Waals surface area contributed by atoms with Gasteiger partial charge in [0.1, 0.15) is 10.3 Å². The molecule has 39 heavy (non-hydrogen) atoms. The van der Waals surface area contributed by atoms with Crippen molar-refractivity contribution in [3.8, 4) is 0 Å². The zero-order chi connectivity index (χ0) is 29.1. The summed E-state index contributed by atoms with van der Waals surface area (Å²) in [6.07, 6.45) is 1.42. The molecule has 0 radical (unpaired) electrons. The number of hydrogen-bond acceptors (Lipinski definition) is 6. The highest BCUT2D eigenvalue weighted by Crippen LogP contribution is 2.45. The number of halogens is 2. The summed E-state index contributed by atoms with van der Waals surface area (Å²) in [5.41, 5.74) is -1.72. The third-order valence-corrected chi connectivity index (χ3v) is 9.33. The lowest BCUT2D eigenvalue weighted by molar-refractivity contribution is -0.171. The normalized spacial score (nSPS) is 28.7. The molecule has 0 spiro atoms. The maximum atomic E-state index is 15.9. The van der Waals surface area contributed by atoms with E-state index in [0.717, 1.165) is 25.7 Å². The Kier molecular flexibility index (Phi) is 10.4. The van der Waals surface area contributed by atoms with Crippen LogP contribution in [0, 0.1) is 0 Å². The van der Waals surface area contributed by atoms with Crippen LogP contribution < -0.4 is 4.72 Å². The first-order valence-corrected chi connectivity index (χ1v) is 15.1. The third-order valence-electron chi connectivity index (χ3n) is 7.66. The van der Waals surface area contributed by atoms with Crippen LogP contribution in [0.4, 0.5) is 13.6 Å². The molecule has 2 aliphatic rings. The summed E-state index contributed by atoms with van der Waals surface area (Å²) >= 11 is -1.90. The smallest absolute Gasteiger partial charge is 0.410 e. The lowest BCUT2D eigenvalue weighted by Gasteiger charge is -2.53. The van der Waals surface area contributed by atoms with Crippen molar-refractivity contribution in [3.63, 3.8) is 0 Å². The van der Waals surface area contributed by atoms with Gasteiger partial charge in [-0.05, 0) is 78.7 Å². The number of aliphatic hydroxyl groups excluding tert-OH is 1. The summed E-state index contributed by atoms with van der Waals surface area (Å²) in [5, 5.41) is 9.97. The molecular formula is C29H46F2N2O5S. The molecule has 0 bridgehead atoms. The fourth-order valence-electron chi connectivity index (χ4n) is 5.47. The summed E-state index contributed by atoms with van der Waals surface area (Å²) in [4.78, 5) is 14.6. The van der Waals surface area contributed by atoms with Gasteiger partial charge in [0.05, 0.1) is 18.8 Å². The number of carbonyl (C=O) groups is 1. The van der Waals surface area contributed by atoms with E-state index >= 15 is 8.78 Å². The number of ether oxygens (including phenoxy) is 2. The topological polar surface area (TPSA) is 94.1 Å². The van der Waals surface area contributed by atoms with E-state index in [1.807, 2.05) is 18.2 Å². The molecule has 1 aliphatic heterocycles. The number of carbonyl (C=O) groups excluding carboxylic acids is 1. The number of hydrogen-bond donors (Lipinski definition) is 2. The fourth-order valence-corrected chi connectivity index (χ4v) is 6.50. The van der Waals surface area contributed by atoms with Crippen LogP contribution in [0.5, 0.6) is 0 Å². The molecule has 1 heterocycles. The van der Waals surface area contributed by atoms with Crippen molar-refractivity contribution >= 4 is 17.5 Å². The van der Waals surface area contributed by atoms with E-state index in [0.29, 0.717) is 5.92 Å². The summed E-state index contributed by atoms with van der Waals surface area (Å²) in [6.45, 7) is 9.20. The highest BCUT2D eigenvalue weighted by molar-refractivity contribution is 7.90. The molecule has 7 nitrogen and oxygen atoms in total. The van der Waals surface area contributed by atoms with Gasteiger partial charge in [-0.25, -0.2) is 13.6 Å². The van der Waals surface area contributed by atoms with E-state index in [-0.39, 0.29) is 19.3 Å². The largest absolute Gasteiger partial charge is 0.598 e. The SMILES string of the molecule is CC(C)(C)OC(=O)N1CCC(F)(F)C(CCO)(N[S+]([O-])C(C)(C)C)C1COC1CCC(c2ccccc2)CC1. The summed E-state index contributed by atoms with van der Waals surface area (Å²) in [7, 11) is 0. The van der Waals surface area contributed by atoms with Gasteiger partial charge in [-0.1, -0.05) is 30.3 Å². The standard InChI is InChI=1S/C29H46F2N2O5S/c1-26(2,3)38-25(35)33-18-16-29(30,31)28(17-19-34,32-39(36)27(4,5)6)24(33)20-37-23-14-12-22(13-15-23)21-10-8-7-9-11-21/h7-11,22-24,32,34H,12-20H2,1-6H3. The molecule has 1 saturated heterocycles. The Morgan fingerprint density at radius 2 is 1.74 bits per heavy atom. The average molecular weight is 573 g/mol. The highest BCUT2D eigenvalue weighted by atomic mass is 32.2. The number of aliphatic hydroxyl groups is 1. The van der Waals surface area contributed by atoms with Crippen LogP contribution in [-0.2, 0) is 20.8 Å². The van der Waals surface area contributed by atoms with Crippen molar-refractivity contribution in [2.24, 2.45) is 0 Å². The highest BCUT2D eigenvalue weighted by Gasteiger charge is 2.66. The Bertz CT molecular complexity index is 932. The summed E-state index contributed by atoms with van der Waals surface area (Å²) in [5.74, 6) is -2.94. The second-order valence-electron chi connectivity index (χ2n) is 12.8. The van der Waals surface area contributed by atoms with E-state index in [1.165, 1.54) is 10.5 Å². The first-order valence-electron chi connectivity index (χ1n) is 13.9. The predicted octanol–water partition coefficient (Wildman–Crippen LogP) is 5.55. The molecule has 0 aromatic heterocycles. The Hall–Kier alpha value is -1.46. The number of alkyl halides is 2. The quantitative estimate of drug-likeness (QED) is 0.397. The van der Waals surface area contributed by atoms with Crippen LogP contribution in [0.3, 0.4) is 0 Å². The number of likely N-dealkylation sites (tertiary alicyclic amines) is 1. The minimum atomic E-state index is -3.37. The number of piperidine rings is 1. The molecular weight excluding hydrogens is 526 g/mol. The van der Waals surface area contributed by atoms with Crippen LogP contribution >= 0.6 is 0 Å². The molecule has 1 aromatic carbocycles. The average Bonchev–Trinajstić information content (AvgIpc) is 2.84. The van der Waals surface area contributed by atoms with Crippen LogP contribution in [-0.4, -0.2) is 74.4 Å². The Morgan fingerprint density at radius 3 is 2.28 bits per heavy atom. The van der Waals surface area contributed by atoms with Gasteiger partial charge in [0, 0.05) is 37.4 Å². The number of nitrogens with one attached hydrogen (secondary N) is 1. The lowest BCUT2D eigenvalue weighted by atomic mass is 9.76. The molecule has 3 atom stereocenters. The lowest BCUT2D eigenvalue weighted by Crippen LogP contribution is -2.77. The zero-order valence-corrected chi connectivity index (χ0v) is 25.0. The second-order valence-corrected chi connectivity index (χ2v) is 14.8. The molecule has 1 aliphatic carbocycles. The molecule has 2 N–H and O–H groups in total. The van der Waals surface area contributed by atoms with E-state index in [2.05, 4.69) is 16.9 Å². The van der Waals surface area contributed by atoms with Crippen LogP contribution in [0.2, 0.25) is 0 Å². The van der Waals surface area contributed by atoms with Crippen LogP contribution in [0.25, 0.3) is 0 Å². The van der Waals surface area contributed by atoms with E-state index in [1.54, 1.807) is 41.5 Å². The maximum absolute atomic E-state index is 15.9. The molecule has 222 valence electrons. The van der Waals surface area contributed by atoms with Crippen molar-refractivity contribution in [1.29, 1.82) is 0 Å². The van der Waals surface area contributed by atoms with E-state index in [4.69, 9.17) is 9.47 Å². The maximum Gasteiger partial charge on any atom is 0.410 e. The van der Waals surface area contributed by atoms with Crippen molar-refractivity contribution in [3.05, 3.63) is 35.9 Å². The van der Waals surface area contributed by atoms with Gasteiger partial charge in [-0.2, -0.15) is 0 Å². The van der Waals surface area contributed by atoms with Crippen molar-refractivity contribution in [2.45, 2.75) is 120 Å². The number of benzene rings is 1. The van der Waals surface area contributed by atoms with Gasteiger partial charge < -0.3 is 24.0 Å². The molecule has 1 saturated carbocycles. The third kappa shape index (κ3) is 7.85. The monoisotopic (exact) mass is 572 g/mol. The first-order chi connectivity index (χ1) is 18.1. The zero-order valence-electron chi connectivity index (χ0n) is 24.2. The molecule has 3 unspecified atom stereocenters. The van der Waals surface area contributed by atoms with Gasteiger partial charge in [-0.15, -0.1) is 4.72 Å². The van der Waals surface area contributed by atoms with Crippen LogP contribution in [0.1, 0.15) is 91.5 Å². The molecule has 10 heteroatoms. The van der Waals surface area contributed by atoms with Crippen molar-refractivity contribution in [1.82, 2.24) is 9.62 Å². The number of nitrogens with zero attached hydrogens (tertiary/aromatic N) is 1. The minimum Gasteiger partial charge on any atom is -0.598 e. The van der Waals surface area contributed by atoms with Crippen molar-refractivity contribution in [2.75, 3.05) is 19.8 Å². The Balaban J connectivity index is 1.87. The predicted molar refractivity (Wildman–Crippen MR) is 149 cm³/mol. The summed E-state index contributed by atoms with van der Waals surface area (Å²) in [6, 6.07) is 9.09. The Labute approximate surface area is 235 Å². The fraction of sp³-hybridized carbons (Fsp3) is 0.759.